The van der Waals surface area contributed by atoms with Crippen LogP contribution >= 0.6 is 11.6 Å². The topological polar surface area (TPSA) is 83.2 Å². The quantitative estimate of drug-likeness (QED) is 0.486. The molecule has 6 nitrogen and oxygen atoms in total. The summed E-state index contributed by atoms with van der Waals surface area (Å²) in [5, 5.41) is 7.71. The number of allylic oxidation sites excluding steroid dienone is 2. The smallest absolute Gasteiger partial charge is 0.253 e. The van der Waals surface area contributed by atoms with Crippen LogP contribution in [0.4, 0.5) is 17.1 Å². The monoisotopic (exact) mass is 411 g/mol. The third-order valence-corrected chi connectivity index (χ3v) is 5.45. The maximum atomic E-state index is 12.1. The normalized spacial score (nSPS) is 16.3. The fourth-order valence-corrected chi connectivity index (χ4v) is 3.68. The second-order valence-electron chi connectivity index (χ2n) is 7.18. The molecule has 4 rings (SSSR count). The SMILES string of the molecule is COCCC1=CCC(CNc2c(Nc3c[nH]c4ccc(Cl)cc34)c(=O)c2=O)C=C1. The number of anilines is 3. The maximum absolute atomic E-state index is 12.1. The van der Waals surface area contributed by atoms with E-state index < -0.39 is 10.9 Å². The Hall–Kier alpha value is -2.83. The Morgan fingerprint density at radius 1 is 1.24 bits per heavy atom. The van der Waals surface area contributed by atoms with E-state index in [9.17, 15) is 9.59 Å². The second kappa shape index (κ2) is 8.27. The Kier molecular flexibility index (Phi) is 5.56. The Morgan fingerprint density at radius 2 is 2.07 bits per heavy atom. The highest BCUT2D eigenvalue weighted by atomic mass is 35.5. The highest BCUT2D eigenvalue weighted by Crippen LogP contribution is 2.30. The number of methoxy groups -OCH3 is 1. The van der Waals surface area contributed by atoms with E-state index in [1.165, 1.54) is 5.57 Å². The molecular weight excluding hydrogens is 390 g/mol. The lowest BCUT2D eigenvalue weighted by molar-refractivity contribution is 0.202. The third kappa shape index (κ3) is 3.99. The summed E-state index contributed by atoms with van der Waals surface area (Å²) in [5.74, 6) is 0.269. The first-order chi connectivity index (χ1) is 14.1. The van der Waals surface area contributed by atoms with Crippen molar-refractivity contribution in [2.24, 2.45) is 5.92 Å². The average molecular weight is 412 g/mol. The molecule has 1 aliphatic rings. The summed E-state index contributed by atoms with van der Waals surface area (Å²) < 4.78 is 5.10. The molecule has 0 radical (unpaired) electrons. The molecule has 150 valence electrons. The van der Waals surface area contributed by atoms with Gasteiger partial charge < -0.3 is 20.4 Å². The van der Waals surface area contributed by atoms with Crippen LogP contribution in [0.5, 0.6) is 0 Å². The van der Waals surface area contributed by atoms with E-state index in [0.29, 0.717) is 35.2 Å². The number of hydrogen-bond acceptors (Lipinski definition) is 5. The van der Waals surface area contributed by atoms with Crippen molar-refractivity contribution in [3.8, 4) is 0 Å². The first-order valence-corrected chi connectivity index (χ1v) is 9.91. The number of H-pyrrole nitrogens is 1. The van der Waals surface area contributed by atoms with Gasteiger partial charge in [-0.1, -0.05) is 35.4 Å². The predicted molar refractivity (Wildman–Crippen MR) is 118 cm³/mol. The molecule has 1 atom stereocenters. The highest BCUT2D eigenvalue weighted by Gasteiger charge is 2.22. The van der Waals surface area contributed by atoms with E-state index in [0.717, 1.165) is 23.7 Å². The van der Waals surface area contributed by atoms with Crippen LogP contribution in [0.15, 0.2) is 57.8 Å². The van der Waals surface area contributed by atoms with E-state index in [-0.39, 0.29) is 5.92 Å². The molecular formula is C22H22ClN3O3. The molecule has 3 aromatic rings. The molecule has 2 aromatic carbocycles. The van der Waals surface area contributed by atoms with Gasteiger partial charge in [-0.3, -0.25) is 9.59 Å². The number of hydrogen-bond donors (Lipinski definition) is 3. The molecule has 1 unspecified atom stereocenters. The number of nitrogens with one attached hydrogen (secondary N) is 3. The number of aromatic nitrogens is 1. The maximum Gasteiger partial charge on any atom is 0.253 e. The van der Waals surface area contributed by atoms with Gasteiger partial charge in [-0.05, 0) is 37.0 Å². The van der Waals surface area contributed by atoms with E-state index in [2.05, 4.69) is 33.8 Å². The predicted octanol–water partition coefficient (Wildman–Crippen LogP) is 4.11. The van der Waals surface area contributed by atoms with Crippen molar-refractivity contribution in [1.29, 1.82) is 0 Å². The van der Waals surface area contributed by atoms with E-state index in [1.807, 2.05) is 12.1 Å². The summed E-state index contributed by atoms with van der Waals surface area (Å²) in [6.45, 7) is 1.29. The van der Waals surface area contributed by atoms with Gasteiger partial charge in [0.05, 0.1) is 12.3 Å². The van der Waals surface area contributed by atoms with Crippen LogP contribution in [-0.2, 0) is 4.74 Å². The van der Waals surface area contributed by atoms with Gasteiger partial charge in [0.25, 0.3) is 10.9 Å². The van der Waals surface area contributed by atoms with Crippen molar-refractivity contribution < 1.29 is 4.74 Å². The lowest BCUT2D eigenvalue weighted by atomic mass is 9.95. The summed E-state index contributed by atoms with van der Waals surface area (Å²) in [7, 11) is 1.70. The molecule has 0 bridgehead atoms. The lowest BCUT2D eigenvalue weighted by Gasteiger charge is -2.19. The number of halogens is 1. The van der Waals surface area contributed by atoms with E-state index >= 15 is 0 Å². The Balaban J connectivity index is 1.43. The fraction of sp³-hybridized carbons (Fsp3) is 0.273. The standard InChI is InChI=1S/C22H22ClN3O3/c1-29-9-8-13-2-4-14(5-3-13)11-25-19-20(22(28)21(19)27)26-18-12-24-17-7-6-15(23)10-16(17)18/h2-4,6-7,10,12,14,24-26H,5,8-9,11H2,1H3. The summed E-state index contributed by atoms with van der Waals surface area (Å²) in [4.78, 5) is 27.3. The molecule has 7 heteroatoms. The molecule has 3 N–H and O–H groups in total. The first kappa shape index (κ1) is 19.5. The Labute approximate surface area is 172 Å². The number of ether oxygens (including phenoxy) is 1. The number of aromatic amines is 1. The molecule has 1 aliphatic carbocycles. The number of rotatable bonds is 8. The zero-order valence-electron chi connectivity index (χ0n) is 16.0. The van der Waals surface area contributed by atoms with Gasteiger partial charge in [-0.25, -0.2) is 0 Å². The van der Waals surface area contributed by atoms with Crippen molar-refractivity contribution in [2.45, 2.75) is 12.8 Å². The summed E-state index contributed by atoms with van der Waals surface area (Å²) in [6.07, 6.45) is 9.99. The second-order valence-corrected chi connectivity index (χ2v) is 7.62. The Morgan fingerprint density at radius 3 is 2.83 bits per heavy atom. The fourth-order valence-electron chi connectivity index (χ4n) is 3.51. The third-order valence-electron chi connectivity index (χ3n) is 5.21. The number of benzene rings is 1. The van der Waals surface area contributed by atoms with Gasteiger partial charge in [0.1, 0.15) is 11.4 Å². The van der Waals surface area contributed by atoms with Gasteiger partial charge in [-0.2, -0.15) is 0 Å². The molecule has 0 aliphatic heterocycles. The van der Waals surface area contributed by atoms with Gasteiger partial charge >= 0.3 is 0 Å². The van der Waals surface area contributed by atoms with Crippen LogP contribution in [0, 0.1) is 5.92 Å². The van der Waals surface area contributed by atoms with E-state index in [4.69, 9.17) is 16.3 Å². The van der Waals surface area contributed by atoms with Crippen molar-refractivity contribution in [2.75, 3.05) is 30.9 Å². The van der Waals surface area contributed by atoms with Crippen LogP contribution in [0.1, 0.15) is 12.8 Å². The minimum atomic E-state index is -0.509. The van der Waals surface area contributed by atoms with Crippen LogP contribution in [0.25, 0.3) is 10.9 Å². The number of fused-ring (bicyclic) bond motifs is 1. The zero-order chi connectivity index (χ0) is 20.4. The summed E-state index contributed by atoms with van der Waals surface area (Å²) >= 11 is 6.08. The van der Waals surface area contributed by atoms with Crippen LogP contribution in [0.3, 0.4) is 0 Å². The molecule has 29 heavy (non-hydrogen) atoms. The van der Waals surface area contributed by atoms with Gasteiger partial charge in [-0.15, -0.1) is 0 Å². The molecule has 0 saturated carbocycles. The largest absolute Gasteiger partial charge is 0.384 e. The molecule has 0 saturated heterocycles. The van der Waals surface area contributed by atoms with Gasteiger partial charge in [0.15, 0.2) is 0 Å². The zero-order valence-corrected chi connectivity index (χ0v) is 16.8. The molecule has 0 amide bonds. The van der Waals surface area contributed by atoms with Gasteiger partial charge in [0, 0.05) is 35.8 Å². The molecule has 1 heterocycles. The average Bonchev–Trinajstić information content (AvgIpc) is 3.14. The minimum Gasteiger partial charge on any atom is -0.384 e. The van der Waals surface area contributed by atoms with E-state index in [1.54, 1.807) is 19.4 Å². The van der Waals surface area contributed by atoms with Crippen molar-refractivity contribution in [3.05, 3.63) is 73.7 Å². The lowest BCUT2D eigenvalue weighted by Crippen LogP contribution is -2.37. The summed E-state index contributed by atoms with van der Waals surface area (Å²) in [5.41, 5.74) is 2.51. The first-order valence-electron chi connectivity index (χ1n) is 9.54. The van der Waals surface area contributed by atoms with Crippen LogP contribution in [0.2, 0.25) is 5.02 Å². The minimum absolute atomic E-state index is 0.269. The van der Waals surface area contributed by atoms with Crippen molar-refractivity contribution >= 4 is 39.6 Å². The Bertz CT molecular complexity index is 1170. The molecule has 1 aromatic heterocycles. The molecule has 0 fully saturated rings. The van der Waals surface area contributed by atoms with Gasteiger partial charge in [0.2, 0.25) is 0 Å². The van der Waals surface area contributed by atoms with Crippen molar-refractivity contribution in [1.82, 2.24) is 4.98 Å². The summed E-state index contributed by atoms with van der Waals surface area (Å²) in [6, 6.07) is 5.48. The van der Waals surface area contributed by atoms with Crippen LogP contribution < -0.4 is 21.5 Å². The molecule has 0 spiro atoms. The van der Waals surface area contributed by atoms with Crippen LogP contribution in [-0.4, -0.2) is 25.2 Å². The van der Waals surface area contributed by atoms with Crippen molar-refractivity contribution in [3.63, 3.8) is 0 Å². The highest BCUT2D eigenvalue weighted by molar-refractivity contribution is 6.31.